The number of aromatic nitrogens is 1. The van der Waals surface area contributed by atoms with Crippen molar-refractivity contribution >= 4 is 54.2 Å². The molecular formula is C13H12Br2N2OS. The topological polar surface area (TPSA) is 42.0 Å². The van der Waals surface area contributed by atoms with Gasteiger partial charge in [0.25, 0.3) is 5.91 Å². The molecule has 1 amide bonds. The van der Waals surface area contributed by atoms with Gasteiger partial charge < -0.3 is 0 Å². The van der Waals surface area contributed by atoms with Gasteiger partial charge in [0.2, 0.25) is 0 Å². The molecular weight excluding hydrogens is 392 g/mol. The number of halogens is 2. The van der Waals surface area contributed by atoms with E-state index < -0.39 is 0 Å². The number of carbonyl (C=O) groups excluding carboxylic acids is 1. The molecule has 6 heteroatoms. The Labute approximate surface area is 132 Å². The normalized spacial score (nSPS) is 10.5. The number of aryl methyl sites for hydroxylation is 2. The predicted octanol–water partition coefficient (Wildman–Crippen LogP) is 4.79. The van der Waals surface area contributed by atoms with Crippen LogP contribution in [0.4, 0.5) is 5.13 Å². The molecule has 0 atom stereocenters. The minimum atomic E-state index is -0.154. The number of amides is 1. The van der Waals surface area contributed by atoms with E-state index in [1.54, 1.807) is 12.1 Å². The van der Waals surface area contributed by atoms with Crippen LogP contribution in [0.15, 0.2) is 27.1 Å². The van der Waals surface area contributed by atoms with Gasteiger partial charge in [-0.3, -0.25) is 10.1 Å². The molecule has 0 aliphatic heterocycles. The molecule has 1 N–H and O–H groups in total. The molecule has 0 fully saturated rings. The fraction of sp³-hybridized carbons (Fsp3) is 0.231. The summed E-state index contributed by atoms with van der Waals surface area (Å²) < 4.78 is 1.72. The molecule has 100 valence electrons. The first-order valence-corrected chi connectivity index (χ1v) is 8.13. The van der Waals surface area contributed by atoms with E-state index >= 15 is 0 Å². The zero-order chi connectivity index (χ0) is 14.0. The third-order valence-corrected chi connectivity index (χ3v) is 4.42. The Morgan fingerprint density at radius 3 is 2.47 bits per heavy atom. The molecule has 2 rings (SSSR count). The molecule has 0 bridgehead atoms. The van der Waals surface area contributed by atoms with Crippen molar-refractivity contribution in [1.82, 2.24) is 4.98 Å². The van der Waals surface area contributed by atoms with Crippen molar-refractivity contribution < 1.29 is 4.79 Å². The molecule has 0 spiro atoms. The maximum absolute atomic E-state index is 12.1. The van der Waals surface area contributed by atoms with Crippen LogP contribution in [0.3, 0.4) is 0 Å². The average Bonchev–Trinajstić information content (AvgIpc) is 2.68. The minimum Gasteiger partial charge on any atom is -0.298 e. The smallest absolute Gasteiger partial charge is 0.257 e. The lowest BCUT2D eigenvalue weighted by molar-refractivity contribution is 0.102. The minimum absolute atomic E-state index is 0.154. The molecule has 1 heterocycles. The van der Waals surface area contributed by atoms with Crippen molar-refractivity contribution in [1.29, 1.82) is 0 Å². The third-order valence-electron chi connectivity index (χ3n) is 2.57. The second-order valence-corrected chi connectivity index (χ2v) is 7.02. The van der Waals surface area contributed by atoms with Crippen LogP contribution < -0.4 is 5.32 Å². The first-order chi connectivity index (χ1) is 8.99. The van der Waals surface area contributed by atoms with Gasteiger partial charge in [0, 0.05) is 19.4 Å². The molecule has 0 aliphatic rings. The van der Waals surface area contributed by atoms with Crippen LogP contribution in [0.2, 0.25) is 0 Å². The van der Waals surface area contributed by atoms with E-state index in [9.17, 15) is 4.79 Å². The standard InChI is InChI=1S/C13H12Br2N2OS/c1-3-11-7(2)19-13(16-11)17-12(18)8-4-9(14)6-10(15)5-8/h4-6H,3H2,1-2H3,(H,16,17,18). The summed E-state index contributed by atoms with van der Waals surface area (Å²) >= 11 is 8.25. The Balaban J connectivity index is 2.20. The lowest BCUT2D eigenvalue weighted by atomic mass is 10.2. The Morgan fingerprint density at radius 1 is 1.32 bits per heavy atom. The van der Waals surface area contributed by atoms with E-state index in [0.717, 1.165) is 25.9 Å². The molecule has 0 unspecified atom stereocenters. The van der Waals surface area contributed by atoms with Gasteiger partial charge in [0.1, 0.15) is 0 Å². The number of hydrogen-bond donors (Lipinski definition) is 1. The van der Waals surface area contributed by atoms with Crippen LogP contribution in [0.25, 0.3) is 0 Å². The summed E-state index contributed by atoms with van der Waals surface area (Å²) in [7, 11) is 0. The Kier molecular flexibility index (Phi) is 4.76. The van der Waals surface area contributed by atoms with Gasteiger partial charge in [0.15, 0.2) is 5.13 Å². The lowest BCUT2D eigenvalue weighted by Gasteiger charge is -2.03. The molecule has 0 radical (unpaired) electrons. The van der Waals surface area contributed by atoms with Gasteiger partial charge in [-0.25, -0.2) is 4.98 Å². The third kappa shape index (κ3) is 3.64. The maximum Gasteiger partial charge on any atom is 0.257 e. The van der Waals surface area contributed by atoms with Gasteiger partial charge in [0.05, 0.1) is 5.69 Å². The monoisotopic (exact) mass is 402 g/mol. The van der Waals surface area contributed by atoms with Crippen molar-refractivity contribution in [2.45, 2.75) is 20.3 Å². The zero-order valence-electron chi connectivity index (χ0n) is 10.5. The van der Waals surface area contributed by atoms with Crippen molar-refractivity contribution in [2.75, 3.05) is 5.32 Å². The maximum atomic E-state index is 12.1. The van der Waals surface area contributed by atoms with E-state index in [2.05, 4.69) is 49.1 Å². The van der Waals surface area contributed by atoms with Crippen LogP contribution in [0, 0.1) is 6.92 Å². The van der Waals surface area contributed by atoms with E-state index in [-0.39, 0.29) is 5.91 Å². The lowest BCUT2D eigenvalue weighted by Crippen LogP contribution is -2.11. The summed E-state index contributed by atoms with van der Waals surface area (Å²) in [5.41, 5.74) is 1.63. The highest BCUT2D eigenvalue weighted by molar-refractivity contribution is 9.11. The van der Waals surface area contributed by atoms with E-state index in [4.69, 9.17) is 0 Å². The number of thiazole rings is 1. The van der Waals surface area contributed by atoms with Crippen LogP contribution in [0.5, 0.6) is 0 Å². The summed E-state index contributed by atoms with van der Waals surface area (Å²) in [6.07, 6.45) is 0.876. The van der Waals surface area contributed by atoms with Gasteiger partial charge in [-0.15, -0.1) is 11.3 Å². The Hall–Kier alpha value is -0.720. The molecule has 0 aliphatic carbocycles. The number of nitrogens with zero attached hydrogens (tertiary/aromatic N) is 1. The molecule has 2 aromatic rings. The fourth-order valence-corrected chi connectivity index (χ4v) is 3.85. The van der Waals surface area contributed by atoms with Gasteiger partial charge in [-0.1, -0.05) is 38.8 Å². The van der Waals surface area contributed by atoms with Gasteiger partial charge in [-0.2, -0.15) is 0 Å². The van der Waals surface area contributed by atoms with Crippen LogP contribution in [0.1, 0.15) is 27.9 Å². The van der Waals surface area contributed by atoms with Crippen LogP contribution in [-0.2, 0) is 6.42 Å². The molecule has 3 nitrogen and oxygen atoms in total. The summed E-state index contributed by atoms with van der Waals surface area (Å²) in [5, 5.41) is 3.48. The molecule has 0 saturated heterocycles. The zero-order valence-corrected chi connectivity index (χ0v) is 14.4. The van der Waals surface area contributed by atoms with Crippen molar-refractivity contribution in [3.05, 3.63) is 43.3 Å². The van der Waals surface area contributed by atoms with Gasteiger partial charge in [-0.05, 0) is 31.5 Å². The second-order valence-electron chi connectivity index (χ2n) is 3.99. The number of hydrogen-bond acceptors (Lipinski definition) is 3. The molecule has 19 heavy (non-hydrogen) atoms. The molecule has 0 saturated carbocycles. The van der Waals surface area contributed by atoms with Crippen molar-refractivity contribution in [2.24, 2.45) is 0 Å². The average molecular weight is 404 g/mol. The first kappa shape index (κ1) is 14.7. The molecule has 1 aromatic heterocycles. The molecule has 1 aromatic carbocycles. The summed E-state index contributed by atoms with van der Waals surface area (Å²) in [6, 6.07) is 5.45. The van der Waals surface area contributed by atoms with Crippen LogP contribution in [-0.4, -0.2) is 10.9 Å². The number of anilines is 1. The first-order valence-electron chi connectivity index (χ1n) is 5.73. The number of nitrogens with one attached hydrogen (secondary N) is 1. The highest BCUT2D eigenvalue weighted by Crippen LogP contribution is 2.24. The highest BCUT2D eigenvalue weighted by Gasteiger charge is 2.12. The van der Waals surface area contributed by atoms with E-state index in [1.165, 1.54) is 11.3 Å². The van der Waals surface area contributed by atoms with E-state index in [1.807, 2.05) is 13.0 Å². The Morgan fingerprint density at radius 2 is 1.95 bits per heavy atom. The summed E-state index contributed by atoms with van der Waals surface area (Å²) in [6.45, 7) is 4.07. The number of carbonyl (C=O) groups is 1. The number of rotatable bonds is 3. The highest BCUT2D eigenvalue weighted by atomic mass is 79.9. The summed E-state index contributed by atoms with van der Waals surface area (Å²) in [5.74, 6) is -0.154. The van der Waals surface area contributed by atoms with Crippen molar-refractivity contribution in [3.8, 4) is 0 Å². The van der Waals surface area contributed by atoms with Crippen LogP contribution >= 0.6 is 43.2 Å². The summed E-state index contributed by atoms with van der Waals surface area (Å²) in [4.78, 5) is 17.7. The predicted molar refractivity (Wildman–Crippen MR) is 86.0 cm³/mol. The van der Waals surface area contributed by atoms with Gasteiger partial charge >= 0.3 is 0 Å². The number of benzene rings is 1. The second kappa shape index (κ2) is 6.15. The quantitative estimate of drug-likeness (QED) is 0.800. The fourth-order valence-electron chi connectivity index (χ4n) is 1.66. The Bertz CT molecular complexity index is 605. The van der Waals surface area contributed by atoms with Crippen molar-refractivity contribution in [3.63, 3.8) is 0 Å². The van der Waals surface area contributed by atoms with E-state index in [0.29, 0.717) is 10.7 Å². The SMILES string of the molecule is CCc1nc(NC(=O)c2cc(Br)cc(Br)c2)sc1C. The largest absolute Gasteiger partial charge is 0.298 e.